The van der Waals surface area contributed by atoms with Gasteiger partial charge in [0.1, 0.15) is 23.3 Å². The van der Waals surface area contributed by atoms with Crippen molar-refractivity contribution in [3.05, 3.63) is 64.9 Å². The zero-order valence-corrected chi connectivity index (χ0v) is 17.1. The van der Waals surface area contributed by atoms with Crippen molar-refractivity contribution >= 4 is 23.5 Å². The smallest absolute Gasteiger partial charge is 0.353 e. The maximum Gasteiger partial charge on any atom is 0.353 e. The molecule has 2 heterocycles. The number of nitrogens with zero attached hydrogens (tertiary/aromatic N) is 3. The second kappa shape index (κ2) is 7.94. The Hall–Kier alpha value is -3.75. The molecule has 0 saturated carbocycles. The summed E-state index contributed by atoms with van der Waals surface area (Å²) < 4.78 is 6.68. The molecule has 1 amide bonds. The molecular weight excluding hydrogens is 388 g/mol. The second-order valence-electron chi connectivity index (χ2n) is 7.79. The molecule has 0 aliphatic carbocycles. The average Bonchev–Trinajstić information content (AvgIpc) is 3.12. The number of carboxylic acids is 1. The number of aromatic carboxylic acids is 1. The Morgan fingerprint density at radius 2 is 1.93 bits per heavy atom. The van der Waals surface area contributed by atoms with Gasteiger partial charge in [0, 0.05) is 12.6 Å². The molecule has 0 radical (unpaired) electrons. The minimum Gasteiger partial charge on any atom is -0.477 e. The van der Waals surface area contributed by atoms with Gasteiger partial charge in [0.05, 0.1) is 11.8 Å². The number of aryl methyl sites for hydroxylation is 1. The number of imidazole rings is 1. The van der Waals surface area contributed by atoms with Crippen molar-refractivity contribution < 1.29 is 24.2 Å². The van der Waals surface area contributed by atoms with Crippen LogP contribution in [0.15, 0.2) is 36.8 Å². The number of ether oxygens (including phenoxy) is 1. The summed E-state index contributed by atoms with van der Waals surface area (Å²) in [7, 11) is 0. The van der Waals surface area contributed by atoms with Crippen LogP contribution in [0.1, 0.15) is 63.2 Å². The van der Waals surface area contributed by atoms with Crippen molar-refractivity contribution in [1.82, 2.24) is 19.7 Å². The van der Waals surface area contributed by atoms with Gasteiger partial charge in [-0.1, -0.05) is 12.1 Å². The first-order valence-corrected chi connectivity index (χ1v) is 9.22. The number of carboxylic acid groups (broad SMARTS) is 1. The molecule has 0 aliphatic rings. The molecule has 0 unspecified atom stereocenters. The van der Waals surface area contributed by atoms with E-state index in [1.54, 1.807) is 45.9 Å². The summed E-state index contributed by atoms with van der Waals surface area (Å²) >= 11 is 0. The van der Waals surface area contributed by atoms with Gasteiger partial charge in [-0.15, -0.1) is 0 Å². The molecule has 0 aliphatic heterocycles. The fourth-order valence-corrected chi connectivity index (χ4v) is 2.86. The summed E-state index contributed by atoms with van der Waals surface area (Å²) in [5, 5.41) is 12.1. The Morgan fingerprint density at radius 3 is 2.57 bits per heavy atom. The molecule has 1 aromatic carbocycles. The van der Waals surface area contributed by atoms with Gasteiger partial charge in [0.2, 0.25) is 0 Å². The van der Waals surface area contributed by atoms with Crippen LogP contribution in [0.25, 0.3) is 5.65 Å². The predicted octanol–water partition coefficient (Wildman–Crippen LogP) is 2.62. The Labute approximate surface area is 172 Å². The van der Waals surface area contributed by atoms with E-state index < -0.39 is 23.4 Å². The molecule has 0 atom stereocenters. The molecule has 30 heavy (non-hydrogen) atoms. The highest BCUT2D eigenvalue weighted by atomic mass is 16.6. The van der Waals surface area contributed by atoms with Crippen molar-refractivity contribution in [3.63, 3.8) is 0 Å². The molecule has 2 aromatic heterocycles. The van der Waals surface area contributed by atoms with Gasteiger partial charge >= 0.3 is 11.9 Å². The molecule has 156 valence electrons. The number of nitrogens with one attached hydrogen (secondary N) is 1. The van der Waals surface area contributed by atoms with Crippen molar-refractivity contribution in [2.45, 2.75) is 39.8 Å². The quantitative estimate of drug-likeness (QED) is 0.620. The zero-order chi connectivity index (χ0) is 22.1. The molecule has 0 saturated heterocycles. The number of fused-ring (bicyclic) bond motifs is 1. The molecule has 2 N–H and O–H groups in total. The number of carbonyl (C=O) groups excluding carboxylic acids is 2. The Balaban J connectivity index is 1.73. The Morgan fingerprint density at radius 1 is 1.20 bits per heavy atom. The third kappa shape index (κ3) is 4.62. The minimum atomic E-state index is -1.19. The van der Waals surface area contributed by atoms with Crippen molar-refractivity contribution in [2.24, 2.45) is 0 Å². The summed E-state index contributed by atoms with van der Waals surface area (Å²) in [6.07, 6.45) is 2.70. The molecule has 0 fully saturated rings. The highest BCUT2D eigenvalue weighted by Crippen LogP contribution is 2.17. The SMILES string of the molecule is Cc1cc(CNC(=O)c2cc(C(=O)O)n3cncc3n2)ccc1C(=O)OC(C)(C)C. The fraction of sp³-hybridized carbons (Fsp3) is 0.286. The molecule has 3 aromatic rings. The van der Waals surface area contributed by atoms with Gasteiger partial charge in [0.25, 0.3) is 5.91 Å². The number of rotatable bonds is 5. The molecule has 3 rings (SSSR count). The largest absolute Gasteiger partial charge is 0.477 e. The molecule has 9 heteroatoms. The van der Waals surface area contributed by atoms with Gasteiger partial charge < -0.3 is 15.2 Å². The van der Waals surface area contributed by atoms with Gasteiger partial charge in [0.15, 0.2) is 5.65 Å². The summed E-state index contributed by atoms with van der Waals surface area (Å²) in [6.45, 7) is 7.38. The molecular formula is C21H22N4O5. The average molecular weight is 410 g/mol. The monoisotopic (exact) mass is 410 g/mol. The fourth-order valence-electron chi connectivity index (χ4n) is 2.86. The van der Waals surface area contributed by atoms with E-state index in [0.29, 0.717) is 5.56 Å². The van der Waals surface area contributed by atoms with Crippen LogP contribution in [0.4, 0.5) is 0 Å². The van der Waals surface area contributed by atoms with E-state index in [2.05, 4.69) is 15.3 Å². The predicted molar refractivity (Wildman–Crippen MR) is 107 cm³/mol. The summed E-state index contributed by atoms with van der Waals surface area (Å²) in [4.78, 5) is 44.2. The number of carbonyl (C=O) groups is 3. The van der Waals surface area contributed by atoms with Crippen LogP contribution < -0.4 is 5.32 Å². The van der Waals surface area contributed by atoms with Crippen LogP contribution in [-0.4, -0.2) is 42.9 Å². The van der Waals surface area contributed by atoms with Gasteiger partial charge in [-0.05, 0) is 44.9 Å². The van der Waals surface area contributed by atoms with Gasteiger partial charge in [-0.3, -0.25) is 9.20 Å². The third-order valence-electron chi connectivity index (χ3n) is 4.20. The number of aromatic nitrogens is 3. The lowest BCUT2D eigenvalue weighted by atomic mass is 10.0. The maximum absolute atomic E-state index is 12.5. The summed E-state index contributed by atoms with van der Waals surface area (Å²) in [6, 6.07) is 6.37. The first kappa shape index (κ1) is 21.0. The van der Waals surface area contributed by atoms with E-state index in [-0.39, 0.29) is 23.6 Å². The van der Waals surface area contributed by atoms with Crippen LogP contribution in [0.3, 0.4) is 0 Å². The highest BCUT2D eigenvalue weighted by Gasteiger charge is 2.20. The topological polar surface area (TPSA) is 123 Å². The molecule has 0 spiro atoms. The maximum atomic E-state index is 12.5. The van der Waals surface area contributed by atoms with E-state index in [4.69, 9.17) is 4.74 Å². The number of hydrogen-bond donors (Lipinski definition) is 2. The lowest BCUT2D eigenvalue weighted by molar-refractivity contribution is 0.00684. The number of hydrogen-bond acceptors (Lipinski definition) is 6. The molecule has 9 nitrogen and oxygen atoms in total. The van der Waals surface area contributed by atoms with Crippen LogP contribution in [0.2, 0.25) is 0 Å². The van der Waals surface area contributed by atoms with E-state index in [9.17, 15) is 19.5 Å². The van der Waals surface area contributed by atoms with Crippen molar-refractivity contribution in [1.29, 1.82) is 0 Å². The van der Waals surface area contributed by atoms with E-state index in [1.165, 1.54) is 23.0 Å². The number of amides is 1. The van der Waals surface area contributed by atoms with Crippen LogP contribution in [0.5, 0.6) is 0 Å². The van der Waals surface area contributed by atoms with Crippen molar-refractivity contribution in [2.75, 3.05) is 0 Å². The van der Waals surface area contributed by atoms with E-state index in [1.807, 2.05) is 0 Å². The normalized spacial score (nSPS) is 11.3. The lowest BCUT2D eigenvalue weighted by Gasteiger charge is -2.20. The number of esters is 1. The van der Waals surface area contributed by atoms with Gasteiger partial charge in [-0.2, -0.15) is 0 Å². The Kier molecular flexibility index (Phi) is 5.55. The third-order valence-corrected chi connectivity index (χ3v) is 4.20. The Bertz CT molecular complexity index is 1140. The van der Waals surface area contributed by atoms with Crippen LogP contribution >= 0.6 is 0 Å². The lowest BCUT2D eigenvalue weighted by Crippen LogP contribution is -2.25. The van der Waals surface area contributed by atoms with Crippen molar-refractivity contribution in [3.8, 4) is 0 Å². The number of benzene rings is 1. The minimum absolute atomic E-state index is 0.0255. The summed E-state index contributed by atoms with van der Waals surface area (Å²) in [5.41, 5.74) is 1.49. The second-order valence-corrected chi connectivity index (χ2v) is 7.79. The van der Waals surface area contributed by atoms with E-state index >= 15 is 0 Å². The first-order chi connectivity index (χ1) is 14.0. The van der Waals surface area contributed by atoms with Crippen LogP contribution in [0, 0.1) is 6.92 Å². The van der Waals surface area contributed by atoms with E-state index in [0.717, 1.165) is 11.1 Å². The van der Waals surface area contributed by atoms with Crippen LogP contribution in [-0.2, 0) is 11.3 Å². The first-order valence-electron chi connectivity index (χ1n) is 9.22. The standard InChI is InChI=1S/C21H22N4O5/c1-12-7-13(5-6-14(12)20(29)30-21(2,3)4)9-23-18(26)15-8-16(19(27)28)25-11-22-10-17(25)24-15/h5-8,10-11H,9H2,1-4H3,(H,23,26)(H,27,28). The highest BCUT2D eigenvalue weighted by molar-refractivity contribution is 5.96. The zero-order valence-electron chi connectivity index (χ0n) is 17.1. The van der Waals surface area contributed by atoms with Gasteiger partial charge in [-0.25, -0.2) is 19.6 Å². The molecule has 0 bridgehead atoms. The summed E-state index contributed by atoms with van der Waals surface area (Å²) in [5.74, 6) is -2.12.